The summed E-state index contributed by atoms with van der Waals surface area (Å²) in [6.07, 6.45) is 3.25. The first-order chi connectivity index (χ1) is 13.7. The second kappa shape index (κ2) is 7.02. The fraction of sp³-hybridized carbons (Fsp3) is 0.476. The number of phenolic OH excluding ortho intramolecular Hbond substituents is 1. The first-order valence-electron chi connectivity index (χ1n) is 9.90. The van der Waals surface area contributed by atoms with Gasteiger partial charge in [0.2, 0.25) is 0 Å². The van der Waals surface area contributed by atoms with Crippen molar-refractivity contribution >= 4 is 27.9 Å². The van der Waals surface area contributed by atoms with Crippen LogP contribution >= 0.6 is 11.3 Å². The van der Waals surface area contributed by atoms with Gasteiger partial charge in [-0.25, -0.2) is 0 Å². The number of nitrogens with zero attached hydrogens (tertiary/aromatic N) is 1. The number of hydrogen-bond acceptors (Lipinski definition) is 6. The molecule has 2 aliphatic rings. The molecule has 8 heteroatoms. The third kappa shape index (κ3) is 3.35. The molecule has 3 N–H and O–H groups in total. The van der Waals surface area contributed by atoms with E-state index < -0.39 is 11.1 Å². The smallest absolute Gasteiger partial charge is 0.276 e. The van der Waals surface area contributed by atoms with Gasteiger partial charge in [0, 0.05) is 10.9 Å². The molecular weight excluding hydrogens is 390 g/mol. The van der Waals surface area contributed by atoms with Crippen LogP contribution in [-0.4, -0.2) is 15.9 Å². The summed E-state index contributed by atoms with van der Waals surface area (Å²) >= 11 is 1.58. The fourth-order valence-corrected chi connectivity index (χ4v) is 5.70. The van der Waals surface area contributed by atoms with E-state index in [1.807, 2.05) is 0 Å². The molecule has 0 radical (unpaired) electrons. The van der Waals surface area contributed by atoms with Gasteiger partial charge >= 0.3 is 0 Å². The predicted molar refractivity (Wildman–Crippen MR) is 112 cm³/mol. The van der Waals surface area contributed by atoms with Gasteiger partial charge in [0.15, 0.2) is 0 Å². The zero-order chi connectivity index (χ0) is 20.9. The van der Waals surface area contributed by atoms with Crippen LogP contribution in [0.2, 0.25) is 0 Å². The van der Waals surface area contributed by atoms with Crippen LogP contribution in [-0.2, 0) is 12.8 Å². The fourth-order valence-electron chi connectivity index (χ4n) is 4.35. The molecule has 0 unspecified atom stereocenters. The van der Waals surface area contributed by atoms with E-state index in [2.05, 4.69) is 31.4 Å². The lowest BCUT2D eigenvalue weighted by Gasteiger charge is -2.36. The summed E-state index contributed by atoms with van der Waals surface area (Å²) < 4.78 is 0. The molecule has 0 bridgehead atoms. The summed E-state index contributed by atoms with van der Waals surface area (Å²) in [5, 5.41) is 28.1. The first kappa shape index (κ1) is 19.7. The van der Waals surface area contributed by atoms with E-state index in [-0.39, 0.29) is 28.3 Å². The van der Waals surface area contributed by atoms with E-state index in [9.17, 15) is 20.0 Å². The van der Waals surface area contributed by atoms with Crippen LogP contribution in [0.5, 0.6) is 5.75 Å². The van der Waals surface area contributed by atoms with Gasteiger partial charge in [-0.3, -0.25) is 14.9 Å². The van der Waals surface area contributed by atoms with Crippen molar-refractivity contribution < 1.29 is 14.8 Å². The number of hydrogen-bond donors (Lipinski definition) is 3. The van der Waals surface area contributed by atoms with Gasteiger partial charge < -0.3 is 15.7 Å². The summed E-state index contributed by atoms with van der Waals surface area (Å²) in [6.45, 7) is 6.83. The van der Waals surface area contributed by atoms with Crippen molar-refractivity contribution in [3.05, 3.63) is 49.9 Å². The number of nitrogens with one attached hydrogen (secondary N) is 2. The van der Waals surface area contributed by atoms with E-state index in [0.717, 1.165) is 36.2 Å². The molecular formula is C21H25N3O4S. The lowest BCUT2D eigenvalue weighted by atomic mass is 9.69. The molecule has 1 aromatic heterocycles. The van der Waals surface area contributed by atoms with Gasteiger partial charge in [-0.05, 0) is 48.3 Å². The second-order valence-electron chi connectivity index (χ2n) is 8.54. The van der Waals surface area contributed by atoms with Gasteiger partial charge in [-0.2, -0.15) is 0 Å². The van der Waals surface area contributed by atoms with E-state index in [0.29, 0.717) is 11.5 Å². The summed E-state index contributed by atoms with van der Waals surface area (Å²) in [5.74, 6) is 0.278. The molecule has 2 aromatic rings. The highest BCUT2D eigenvalue weighted by molar-refractivity contribution is 7.16. The van der Waals surface area contributed by atoms with Crippen molar-refractivity contribution in [2.75, 3.05) is 5.32 Å². The number of nitro groups is 1. The molecule has 0 fully saturated rings. The normalized spacial score (nSPS) is 21.0. The summed E-state index contributed by atoms with van der Waals surface area (Å²) in [4.78, 5) is 25.1. The van der Waals surface area contributed by atoms with Crippen molar-refractivity contribution in [2.24, 2.45) is 11.3 Å². The Kier molecular flexibility index (Phi) is 4.77. The minimum atomic E-state index is -0.759. The van der Waals surface area contributed by atoms with E-state index in [1.165, 1.54) is 23.1 Å². The number of amides is 1. The zero-order valence-corrected chi connectivity index (χ0v) is 17.6. The molecule has 1 aliphatic carbocycles. The van der Waals surface area contributed by atoms with Crippen LogP contribution in [0.4, 0.5) is 10.7 Å². The quantitative estimate of drug-likeness (QED) is 0.493. The van der Waals surface area contributed by atoms with Crippen LogP contribution in [0, 0.1) is 21.4 Å². The third-order valence-corrected chi connectivity index (χ3v) is 7.76. The van der Waals surface area contributed by atoms with Gasteiger partial charge in [-0.1, -0.05) is 27.2 Å². The Morgan fingerprint density at radius 2 is 2.10 bits per heavy atom. The minimum absolute atomic E-state index is 0.0810. The maximum absolute atomic E-state index is 12.9. The average molecular weight is 416 g/mol. The van der Waals surface area contributed by atoms with Crippen molar-refractivity contribution in [1.29, 1.82) is 0 Å². The van der Waals surface area contributed by atoms with Gasteiger partial charge in [0.05, 0.1) is 16.1 Å². The Balaban J connectivity index is 1.68. The molecule has 4 rings (SSSR count). The van der Waals surface area contributed by atoms with Gasteiger partial charge in [0.1, 0.15) is 16.9 Å². The van der Waals surface area contributed by atoms with E-state index in [1.54, 1.807) is 11.3 Å². The Labute approximate surface area is 173 Å². The summed E-state index contributed by atoms with van der Waals surface area (Å²) in [6, 6.07) is 3.86. The SMILES string of the molecule is CCC(C)(C)[C@H]1CCc2c(sc3c2C(=O)N[C@@H](c2cc(O)ccc2[N+](=O)[O-])N3)C1. The molecule has 1 aromatic carbocycles. The van der Waals surface area contributed by atoms with Crippen molar-refractivity contribution in [1.82, 2.24) is 5.32 Å². The lowest BCUT2D eigenvalue weighted by Crippen LogP contribution is -2.38. The van der Waals surface area contributed by atoms with Crippen molar-refractivity contribution in [3.8, 4) is 5.75 Å². The standard InChI is InChI=1S/C21H25N3O4S/c1-4-21(2,3)11-5-7-13-16(9-11)29-20-17(13)19(26)22-18(23-20)14-10-12(25)6-8-15(14)24(27)28/h6,8,10-11,18,23,25H,4-5,7,9H2,1-3H3,(H,22,26)/t11-,18+/m0/s1. The Hall–Kier alpha value is -2.61. The van der Waals surface area contributed by atoms with Gasteiger partial charge in [0.25, 0.3) is 11.6 Å². The molecule has 1 amide bonds. The molecule has 1 aliphatic heterocycles. The number of rotatable bonds is 4. The van der Waals surface area contributed by atoms with Crippen LogP contribution in [0.1, 0.15) is 66.1 Å². The molecule has 29 heavy (non-hydrogen) atoms. The number of fused-ring (bicyclic) bond motifs is 3. The van der Waals surface area contributed by atoms with E-state index >= 15 is 0 Å². The van der Waals surface area contributed by atoms with Gasteiger partial charge in [-0.15, -0.1) is 11.3 Å². The number of anilines is 1. The topological polar surface area (TPSA) is 104 Å². The summed E-state index contributed by atoms with van der Waals surface area (Å²) in [5.41, 5.74) is 2.14. The molecule has 0 saturated carbocycles. The van der Waals surface area contributed by atoms with Crippen LogP contribution < -0.4 is 10.6 Å². The van der Waals surface area contributed by atoms with Crippen LogP contribution in [0.15, 0.2) is 18.2 Å². The second-order valence-corrected chi connectivity index (χ2v) is 9.65. The molecule has 0 spiro atoms. The third-order valence-electron chi connectivity index (χ3n) is 6.58. The van der Waals surface area contributed by atoms with Crippen molar-refractivity contribution in [2.45, 2.75) is 52.6 Å². The number of carbonyl (C=O) groups excluding carboxylic acids is 1. The molecule has 2 atom stereocenters. The molecule has 154 valence electrons. The van der Waals surface area contributed by atoms with Crippen molar-refractivity contribution in [3.63, 3.8) is 0 Å². The highest BCUT2D eigenvalue weighted by Gasteiger charge is 2.38. The van der Waals surface area contributed by atoms with Crippen LogP contribution in [0.25, 0.3) is 0 Å². The minimum Gasteiger partial charge on any atom is -0.508 e. The van der Waals surface area contributed by atoms with Crippen LogP contribution in [0.3, 0.4) is 0 Å². The Morgan fingerprint density at radius 3 is 2.79 bits per heavy atom. The van der Waals surface area contributed by atoms with E-state index in [4.69, 9.17) is 0 Å². The Morgan fingerprint density at radius 1 is 1.34 bits per heavy atom. The number of benzene rings is 1. The number of carbonyl (C=O) groups is 1. The first-order valence-corrected chi connectivity index (χ1v) is 10.7. The maximum Gasteiger partial charge on any atom is 0.276 e. The highest BCUT2D eigenvalue weighted by Crippen LogP contribution is 2.47. The largest absolute Gasteiger partial charge is 0.508 e. The highest BCUT2D eigenvalue weighted by atomic mass is 32.1. The molecule has 7 nitrogen and oxygen atoms in total. The number of phenols is 1. The number of nitro benzene ring substituents is 1. The lowest BCUT2D eigenvalue weighted by molar-refractivity contribution is -0.385. The zero-order valence-electron chi connectivity index (χ0n) is 16.7. The number of thiophene rings is 1. The Bertz CT molecular complexity index is 998. The maximum atomic E-state index is 12.9. The monoisotopic (exact) mass is 415 g/mol. The average Bonchev–Trinajstić information content (AvgIpc) is 3.05. The molecule has 2 heterocycles. The summed E-state index contributed by atoms with van der Waals surface area (Å²) in [7, 11) is 0. The molecule has 0 saturated heterocycles. The number of aromatic hydroxyl groups is 1. The predicted octanol–water partition coefficient (Wildman–Crippen LogP) is 4.76.